The highest BCUT2D eigenvalue weighted by Gasteiger charge is 2.10. The van der Waals surface area contributed by atoms with Crippen molar-refractivity contribution in [3.63, 3.8) is 0 Å². The summed E-state index contributed by atoms with van der Waals surface area (Å²) >= 11 is 0. The predicted octanol–water partition coefficient (Wildman–Crippen LogP) is 3.99. The third kappa shape index (κ3) is 7.02. The third-order valence-electron chi connectivity index (χ3n) is 5.15. The van der Waals surface area contributed by atoms with E-state index in [1.54, 1.807) is 6.07 Å². The fourth-order valence-electron chi connectivity index (χ4n) is 2.98. The number of nitrogens with one attached hydrogen (secondary N) is 2. The molecular formula is C24H33N3O2. The van der Waals surface area contributed by atoms with Gasteiger partial charge < -0.3 is 10.6 Å². The maximum absolute atomic E-state index is 12.5. The maximum Gasteiger partial charge on any atom is 0.251 e. The summed E-state index contributed by atoms with van der Waals surface area (Å²) in [5.41, 5.74) is 3.34. The number of amides is 2. The molecule has 5 nitrogen and oxygen atoms in total. The number of rotatable bonds is 10. The molecule has 2 N–H and O–H groups in total. The third-order valence-corrected chi connectivity index (χ3v) is 5.15. The summed E-state index contributed by atoms with van der Waals surface area (Å²) in [6, 6.07) is 15.2. The topological polar surface area (TPSA) is 61.4 Å². The Kier molecular flexibility index (Phi) is 8.87. The van der Waals surface area contributed by atoms with Crippen LogP contribution in [0.3, 0.4) is 0 Å². The van der Waals surface area contributed by atoms with Crippen molar-refractivity contribution in [1.29, 1.82) is 0 Å². The summed E-state index contributed by atoms with van der Waals surface area (Å²) in [7, 11) is 0. The molecule has 0 heterocycles. The predicted molar refractivity (Wildman–Crippen MR) is 118 cm³/mol. The van der Waals surface area contributed by atoms with Crippen LogP contribution in [0, 0.1) is 0 Å². The molecule has 2 aromatic carbocycles. The molecule has 2 rings (SSSR count). The van der Waals surface area contributed by atoms with Crippen molar-refractivity contribution >= 4 is 11.8 Å². The summed E-state index contributed by atoms with van der Waals surface area (Å²) in [6.07, 6.45) is 0.884. The van der Waals surface area contributed by atoms with Crippen molar-refractivity contribution in [3.8, 4) is 0 Å². The minimum Gasteiger partial charge on any atom is -0.350 e. The molecule has 0 saturated heterocycles. The molecule has 1 unspecified atom stereocenters. The molecule has 2 amide bonds. The molecule has 2 aromatic rings. The lowest BCUT2D eigenvalue weighted by Gasteiger charge is -2.18. The van der Waals surface area contributed by atoms with Crippen LogP contribution in [0.2, 0.25) is 0 Å². The molecule has 0 aromatic heterocycles. The lowest BCUT2D eigenvalue weighted by Crippen LogP contribution is -2.32. The van der Waals surface area contributed by atoms with E-state index in [-0.39, 0.29) is 17.9 Å². The second-order valence-corrected chi connectivity index (χ2v) is 7.32. The van der Waals surface area contributed by atoms with Crippen LogP contribution in [-0.2, 0) is 13.1 Å². The molecule has 1 atom stereocenters. The maximum atomic E-state index is 12.5. The van der Waals surface area contributed by atoms with E-state index in [4.69, 9.17) is 0 Å². The van der Waals surface area contributed by atoms with E-state index in [1.165, 1.54) is 5.56 Å². The van der Waals surface area contributed by atoms with E-state index in [0.717, 1.165) is 31.6 Å². The SMILES string of the molecule is CCC(C)NC(=O)c1cccc(CNC(=O)c2ccc(CN(CC)CC)cc2)c1. The molecule has 0 saturated carbocycles. The molecule has 0 aliphatic rings. The van der Waals surface area contributed by atoms with Crippen molar-refractivity contribution in [1.82, 2.24) is 15.5 Å². The summed E-state index contributed by atoms with van der Waals surface area (Å²) in [5.74, 6) is -0.204. The van der Waals surface area contributed by atoms with Crippen molar-refractivity contribution in [2.45, 2.75) is 53.2 Å². The summed E-state index contributed by atoms with van der Waals surface area (Å²) in [6.45, 7) is 11.6. The minimum absolute atomic E-state index is 0.0867. The molecule has 0 fully saturated rings. The normalized spacial score (nSPS) is 11.9. The Balaban J connectivity index is 1.93. The lowest BCUT2D eigenvalue weighted by atomic mass is 10.1. The van der Waals surface area contributed by atoms with E-state index in [1.807, 2.05) is 56.3 Å². The van der Waals surface area contributed by atoms with E-state index in [2.05, 4.69) is 29.4 Å². The smallest absolute Gasteiger partial charge is 0.251 e. The number of hydrogen-bond acceptors (Lipinski definition) is 3. The van der Waals surface area contributed by atoms with Gasteiger partial charge in [-0.3, -0.25) is 14.5 Å². The average molecular weight is 396 g/mol. The largest absolute Gasteiger partial charge is 0.350 e. The van der Waals surface area contributed by atoms with Crippen molar-refractivity contribution in [2.24, 2.45) is 0 Å². The molecule has 29 heavy (non-hydrogen) atoms. The quantitative estimate of drug-likeness (QED) is 0.639. The highest BCUT2D eigenvalue weighted by molar-refractivity contribution is 5.95. The van der Waals surface area contributed by atoms with E-state index in [9.17, 15) is 9.59 Å². The van der Waals surface area contributed by atoms with E-state index in [0.29, 0.717) is 17.7 Å². The van der Waals surface area contributed by atoms with Crippen LogP contribution in [0.1, 0.15) is 66.0 Å². The number of carbonyl (C=O) groups is 2. The van der Waals surface area contributed by atoms with Gasteiger partial charge >= 0.3 is 0 Å². The molecular weight excluding hydrogens is 362 g/mol. The minimum atomic E-state index is -0.117. The number of nitrogens with zero attached hydrogens (tertiary/aromatic N) is 1. The lowest BCUT2D eigenvalue weighted by molar-refractivity contribution is 0.0936. The highest BCUT2D eigenvalue weighted by atomic mass is 16.2. The number of benzene rings is 2. The van der Waals surface area contributed by atoms with Gasteiger partial charge in [-0.05, 0) is 61.8 Å². The van der Waals surface area contributed by atoms with Crippen LogP contribution in [0.15, 0.2) is 48.5 Å². The first-order valence-electron chi connectivity index (χ1n) is 10.5. The van der Waals surface area contributed by atoms with Crippen molar-refractivity contribution < 1.29 is 9.59 Å². The van der Waals surface area contributed by atoms with Gasteiger partial charge in [-0.15, -0.1) is 0 Å². The van der Waals surface area contributed by atoms with Crippen LogP contribution in [0.25, 0.3) is 0 Å². The Morgan fingerprint density at radius 3 is 2.21 bits per heavy atom. The second-order valence-electron chi connectivity index (χ2n) is 7.32. The zero-order chi connectivity index (χ0) is 21.2. The summed E-state index contributed by atoms with van der Waals surface area (Å²) < 4.78 is 0. The van der Waals surface area contributed by atoms with Gasteiger partial charge in [0, 0.05) is 30.3 Å². The van der Waals surface area contributed by atoms with Crippen LogP contribution in [0.4, 0.5) is 0 Å². The Labute approximate surface area is 174 Å². The Bertz CT molecular complexity index is 798. The first kappa shape index (κ1) is 22.6. The van der Waals surface area contributed by atoms with Gasteiger partial charge in [0.15, 0.2) is 0 Å². The molecule has 0 radical (unpaired) electrons. The monoisotopic (exact) mass is 395 g/mol. The molecule has 0 bridgehead atoms. The average Bonchev–Trinajstić information content (AvgIpc) is 2.76. The van der Waals surface area contributed by atoms with Gasteiger partial charge in [0.1, 0.15) is 0 Å². The molecule has 0 aliphatic heterocycles. The van der Waals surface area contributed by atoms with E-state index >= 15 is 0 Å². The standard InChI is InChI=1S/C24H33N3O2/c1-5-18(4)26-24(29)22-10-8-9-20(15-22)16-25-23(28)21-13-11-19(12-14-21)17-27(6-2)7-3/h8-15,18H,5-7,16-17H2,1-4H3,(H,25,28)(H,26,29). The molecule has 0 aliphatic carbocycles. The van der Waals surface area contributed by atoms with Crippen LogP contribution in [0.5, 0.6) is 0 Å². The first-order chi connectivity index (χ1) is 14.0. The van der Waals surface area contributed by atoms with Crippen molar-refractivity contribution in [3.05, 3.63) is 70.8 Å². The fourth-order valence-corrected chi connectivity index (χ4v) is 2.98. The van der Waals surface area contributed by atoms with Crippen LogP contribution >= 0.6 is 0 Å². The van der Waals surface area contributed by atoms with E-state index < -0.39 is 0 Å². The van der Waals surface area contributed by atoms with Crippen molar-refractivity contribution in [2.75, 3.05) is 13.1 Å². The first-order valence-corrected chi connectivity index (χ1v) is 10.5. The fraction of sp³-hybridized carbons (Fsp3) is 0.417. The van der Waals surface area contributed by atoms with Gasteiger partial charge in [-0.1, -0.05) is 45.0 Å². The summed E-state index contributed by atoms with van der Waals surface area (Å²) in [4.78, 5) is 27.1. The molecule has 0 spiro atoms. The van der Waals surface area contributed by atoms with Gasteiger partial charge in [-0.2, -0.15) is 0 Å². The Morgan fingerprint density at radius 1 is 0.897 bits per heavy atom. The Hall–Kier alpha value is -2.66. The zero-order valence-electron chi connectivity index (χ0n) is 18.0. The Morgan fingerprint density at radius 2 is 1.59 bits per heavy atom. The number of hydrogen-bond donors (Lipinski definition) is 2. The second kappa shape index (κ2) is 11.4. The van der Waals surface area contributed by atoms with Gasteiger partial charge in [0.05, 0.1) is 0 Å². The van der Waals surface area contributed by atoms with Crippen LogP contribution < -0.4 is 10.6 Å². The van der Waals surface area contributed by atoms with Gasteiger partial charge in [-0.25, -0.2) is 0 Å². The van der Waals surface area contributed by atoms with Gasteiger partial charge in [0.2, 0.25) is 0 Å². The van der Waals surface area contributed by atoms with Gasteiger partial charge in [0.25, 0.3) is 11.8 Å². The number of carbonyl (C=O) groups excluding carboxylic acids is 2. The zero-order valence-corrected chi connectivity index (χ0v) is 18.0. The summed E-state index contributed by atoms with van der Waals surface area (Å²) in [5, 5.41) is 5.90. The highest BCUT2D eigenvalue weighted by Crippen LogP contribution is 2.09. The van der Waals surface area contributed by atoms with Crippen LogP contribution in [-0.4, -0.2) is 35.8 Å². The molecule has 156 valence electrons. The molecule has 5 heteroatoms.